The molecule has 0 aromatic heterocycles. The van der Waals surface area contributed by atoms with E-state index in [0.717, 1.165) is 0 Å². The van der Waals surface area contributed by atoms with Gasteiger partial charge in [0, 0.05) is 28.7 Å². The van der Waals surface area contributed by atoms with Crippen LogP contribution in [0.5, 0.6) is 0 Å². The number of nitrogens with one attached hydrogen (secondary N) is 2. The Morgan fingerprint density at radius 2 is 1.71 bits per heavy atom. The van der Waals surface area contributed by atoms with Crippen LogP contribution in [0, 0.1) is 4.91 Å². The number of carbonyl (C=O) groups is 4. The molecule has 0 aliphatic carbocycles. The average Bonchev–Trinajstić information content (AvgIpc) is 2.53. The summed E-state index contributed by atoms with van der Waals surface area (Å²) in [5, 5.41) is 22.1. The number of aliphatic hydroxyl groups is 1. The van der Waals surface area contributed by atoms with Crippen LogP contribution in [-0.4, -0.2) is 64.4 Å². The maximum Gasteiger partial charge on any atom is 0.326 e. The van der Waals surface area contributed by atoms with Crippen LogP contribution in [0.1, 0.15) is 12.8 Å². The predicted molar refractivity (Wildman–Crippen MR) is 83.2 cm³/mol. The molecule has 0 fully saturated rings. The van der Waals surface area contributed by atoms with Gasteiger partial charge in [0.2, 0.25) is 17.7 Å². The van der Waals surface area contributed by atoms with Gasteiger partial charge in [0.05, 0.1) is 6.61 Å². The molecular formula is C11H19N5O7S. The Labute approximate surface area is 140 Å². The number of primary amides is 1. The number of carboxylic acid groups (broad SMARTS) is 1. The van der Waals surface area contributed by atoms with E-state index < -0.39 is 48.4 Å². The first-order valence-corrected chi connectivity index (χ1v) is 7.60. The monoisotopic (exact) mass is 365 g/mol. The summed E-state index contributed by atoms with van der Waals surface area (Å²) in [5.41, 5.74) is 10.2. The molecule has 8 N–H and O–H groups in total. The third kappa shape index (κ3) is 8.40. The van der Waals surface area contributed by atoms with Gasteiger partial charge in [-0.25, -0.2) is 4.79 Å². The molecule has 0 rings (SSSR count). The maximum atomic E-state index is 12.1. The SMILES string of the molecule is NC(=O)CC[C@H](NC(=O)[C@H](CSN=O)NC(=O)[C@@H](N)CO)C(=O)O. The number of carboxylic acids is 1. The molecule has 136 valence electrons. The standard InChI is InChI=1S/C11H19N5O7S/c12-5(3-17)9(19)15-7(4-24-16-23)10(20)14-6(11(21)22)1-2-8(13)18/h5-7,17H,1-4,12H2,(H2,13,18)(H,14,20)(H,15,19)(H,21,22)/t5-,6-,7-/m0/s1. The van der Waals surface area contributed by atoms with Crippen molar-refractivity contribution in [2.45, 2.75) is 31.0 Å². The quantitative estimate of drug-likeness (QED) is 0.154. The summed E-state index contributed by atoms with van der Waals surface area (Å²) < 4.78 is 2.48. The molecule has 3 amide bonds. The first-order valence-electron chi connectivity index (χ1n) is 6.65. The van der Waals surface area contributed by atoms with Crippen molar-refractivity contribution >= 4 is 35.6 Å². The van der Waals surface area contributed by atoms with Gasteiger partial charge in [0.25, 0.3) is 0 Å². The van der Waals surface area contributed by atoms with E-state index in [-0.39, 0.29) is 18.6 Å². The number of amides is 3. The average molecular weight is 365 g/mol. The van der Waals surface area contributed by atoms with E-state index in [1.165, 1.54) is 0 Å². The molecule has 0 aromatic carbocycles. The number of hydrogen-bond donors (Lipinski definition) is 6. The molecule has 24 heavy (non-hydrogen) atoms. The summed E-state index contributed by atoms with van der Waals surface area (Å²) in [4.78, 5) is 55.7. The number of rotatable bonds is 12. The first-order chi connectivity index (χ1) is 11.2. The number of hydrogen-bond acceptors (Lipinski definition) is 9. The van der Waals surface area contributed by atoms with Gasteiger partial charge in [0.1, 0.15) is 18.1 Å². The van der Waals surface area contributed by atoms with Crippen molar-refractivity contribution in [3.8, 4) is 0 Å². The van der Waals surface area contributed by atoms with Crippen LogP contribution in [0.3, 0.4) is 0 Å². The highest BCUT2D eigenvalue weighted by Gasteiger charge is 2.28. The van der Waals surface area contributed by atoms with Crippen LogP contribution in [0.2, 0.25) is 0 Å². The van der Waals surface area contributed by atoms with Gasteiger partial charge in [-0.15, -0.1) is 4.91 Å². The van der Waals surface area contributed by atoms with E-state index in [9.17, 15) is 24.1 Å². The largest absolute Gasteiger partial charge is 0.480 e. The molecule has 0 radical (unpaired) electrons. The lowest BCUT2D eigenvalue weighted by atomic mass is 10.1. The van der Waals surface area contributed by atoms with Crippen molar-refractivity contribution in [3.05, 3.63) is 4.91 Å². The fourth-order valence-corrected chi connectivity index (χ4v) is 1.91. The highest BCUT2D eigenvalue weighted by atomic mass is 32.2. The summed E-state index contributed by atoms with van der Waals surface area (Å²) >= 11 is 0.429. The van der Waals surface area contributed by atoms with E-state index in [1.54, 1.807) is 0 Å². The molecule has 0 aromatic rings. The van der Waals surface area contributed by atoms with Gasteiger partial charge in [-0.2, -0.15) is 0 Å². The minimum atomic E-state index is -1.41. The van der Waals surface area contributed by atoms with Gasteiger partial charge in [0.15, 0.2) is 0 Å². The zero-order chi connectivity index (χ0) is 18.7. The molecule has 0 unspecified atom stereocenters. The van der Waals surface area contributed by atoms with Gasteiger partial charge >= 0.3 is 5.97 Å². The normalized spacial score (nSPS) is 14.1. The Morgan fingerprint density at radius 1 is 1.12 bits per heavy atom. The van der Waals surface area contributed by atoms with Crippen molar-refractivity contribution < 1.29 is 29.4 Å². The van der Waals surface area contributed by atoms with Crippen LogP contribution in [0.25, 0.3) is 0 Å². The second kappa shape index (κ2) is 11.3. The Kier molecular flexibility index (Phi) is 10.3. The Balaban J connectivity index is 4.93. The van der Waals surface area contributed by atoms with E-state index in [0.29, 0.717) is 11.9 Å². The molecule has 0 bridgehead atoms. The van der Waals surface area contributed by atoms with Gasteiger partial charge < -0.3 is 32.3 Å². The Morgan fingerprint density at radius 3 is 2.17 bits per heavy atom. The number of nitroso groups, excluding NO2 is 1. The molecule has 0 aliphatic rings. The van der Waals surface area contributed by atoms with Crippen molar-refractivity contribution in [2.75, 3.05) is 12.4 Å². The zero-order valence-corrected chi connectivity index (χ0v) is 13.3. The van der Waals surface area contributed by atoms with E-state index in [1.807, 2.05) is 0 Å². The van der Waals surface area contributed by atoms with Crippen molar-refractivity contribution in [1.82, 2.24) is 10.6 Å². The van der Waals surface area contributed by atoms with Gasteiger partial charge in [-0.3, -0.25) is 14.4 Å². The van der Waals surface area contributed by atoms with Crippen LogP contribution >= 0.6 is 11.9 Å². The van der Waals surface area contributed by atoms with E-state index in [4.69, 9.17) is 21.7 Å². The highest BCUT2D eigenvalue weighted by molar-refractivity contribution is 7.97. The first kappa shape index (κ1) is 21.8. The molecular weight excluding hydrogens is 346 g/mol. The summed E-state index contributed by atoms with van der Waals surface area (Å²) in [6.45, 7) is -0.671. The minimum absolute atomic E-state index is 0.244. The second-order valence-corrected chi connectivity index (χ2v) is 5.37. The summed E-state index contributed by atoms with van der Waals surface area (Å²) in [5.74, 6) is -4.20. The number of aliphatic hydroxyl groups excluding tert-OH is 1. The number of nitrogens with two attached hydrogens (primary N) is 2. The Hall–Kier alpha value is -2.25. The topological polar surface area (TPSA) is 214 Å². The third-order valence-electron chi connectivity index (χ3n) is 2.75. The van der Waals surface area contributed by atoms with E-state index in [2.05, 4.69) is 15.2 Å². The lowest BCUT2D eigenvalue weighted by Gasteiger charge is -2.21. The summed E-state index contributed by atoms with van der Waals surface area (Å²) in [6.07, 6.45) is -0.513. The minimum Gasteiger partial charge on any atom is -0.480 e. The molecule has 12 nitrogen and oxygen atoms in total. The molecule has 0 saturated carbocycles. The molecule has 0 spiro atoms. The third-order valence-corrected chi connectivity index (χ3v) is 3.34. The van der Waals surface area contributed by atoms with Crippen LogP contribution in [0.4, 0.5) is 0 Å². The van der Waals surface area contributed by atoms with E-state index >= 15 is 0 Å². The lowest BCUT2D eigenvalue weighted by molar-refractivity contribution is -0.142. The number of nitrogens with zero attached hydrogens (tertiary/aromatic N) is 1. The molecule has 0 saturated heterocycles. The summed E-state index contributed by atoms with van der Waals surface area (Å²) in [6, 6.07) is -4.02. The zero-order valence-electron chi connectivity index (χ0n) is 12.5. The van der Waals surface area contributed by atoms with Crippen molar-refractivity contribution in [3.63, 3.8) is 0 Å². The number of aliphatic carboxylic acids is 1. The second-order valence-electron chi connectivity index (χ2n) is 4.62. The smallest absolute Gasteiger partial charge is 0.326 e. The van der Waals surface area contributed by atoms with Crippen molar-refractivity contribution in [1.29, 1.82) is 0 Å². The molecule has 0 heterocycles. The highest BCUT2D eigenvalue weighted by Crippen LogP contribution is 2.06. The van der Waals surface area contributed by atoms with Crippen molar-refractivity contribution in [2.24, 2.45) is 16.0 Å². The number of carbonyl (C=O) groups excluding carboxylic acids is 3. The van der Waals surface area contributed by atoms with Gasteiger partial charge in [-0.05, 0) is 6.42 Å². The van der Waals surface area contributed by atoms with Crippen LogP contribution in [0.15, 0.2) is 4.58 Å². The van der Waals surface area contributed by atoms with Gasteiger partial charge in [-0.1, -0.05) is 0 Å². The Bertz CT molecular complexity index is 489. The van der Waals surface area contributed by atoms with Crippen LogP contribution < -0.4 is 22.1 Å². The summed E-state index contributed by atoms with van der Waals surface area (Å²) in [7, 11) is 0. The maximum absolute atomic E-state index is 12.1. The molecule has 3 atom stereocenters. The predicted octanol–water partition coefficient (Wildman–Crippen LogP) is -2.96. The fourth-order valence-electron chi connectivity index (χ4n) is 1.47. The van der Waals surface area contributed by atoms with Crippen LogP contribution in [-0.2, 0) is 19.2 Å². The lowest BCUT2D eigenvalue weighted by Crippen LogP contribution is -2.56. The molecule has 13 heteroatoms. The molecule has 0 aliphatic heterocycles. The fraction of sp³-hybridized carbons (Fsp3) is 0.636.